The molecule has 0 bridgehead atoms. The van der Waals surface area contributed by atoms with E-state index >= 15 is 0 Å². The van der Waals surface area contributed by atoms with E-state index in [1.807, 2.05) is 0 Å². The van der Waals surface area contributed by atoms with Crippen molar-refractivity contribution in [3.63, 3.8) is 0 Å². The molecule has 0 spiro atoms. The molecular formula is C7H11F4NO. The Labute approximate surface area is 73.1 Å². The van der Waals surface area contributed by atoms with Gasteiger partial charge in [-0.05, 0) is 6.42 Å². The van der Waals surface area contributed by atoms with Crippen LogP contribution in [0.5, 0.6) is 0 Å². The zero-order chi connectivity index (χ0) is 10.1. The van der Waals surface area contributed by atoms with Crippen LogP contribution < -0.4 is 0 Å². The standard InChI is InChI=1S/C7H11F4NO/c8-6(7(9,10)11)4-12-2-1-5(13)3-12/h5-6,13H,1-4H2. The van der Waals surface area contributed by atoms with Crippen molar-refractivity contribution in [1.82, 2.24) is 4.90 Å². The Morgan fingerprint density at radius 2 is 2.08 bits per heavy atom. The van der Waals surface area contributed by atoms with Crippen molar-refractivity contribution in [2.45, 2.75) is 24.9 Å². The highest BCUT2D eigenvalue weighted by atomic mass is 19.4. The van der Waals surface area contributed by atoms with Gasteiger partial charge >= 0.3 is 6.18 Å². The van der Waals surface area contributed by atoms with Crippen molar-refractivity contribution in [1.29, 1.82) is 0 Å². The summed E-state index contributed by atoms with van der Waals surface area (Å²) < 4.78 is 47.6. The molecule has 0 amide bonds. The summed E-state index contributed by atoms with van der Waals surface area (Å²) in [7, 11) is 0. The van der Waals surface area contributed by atoms with Gasteiger partial charge in [-0.25, -0.2) is 4.39 Å². The largest absolute Gasteiger partial charge is 0.420 e. The van der Waals surface area contributed by atoms with E-state index in [0.29, 0.717) is 13.0 Å². The Morgan fingerprint density at radius 1 is 1.46 bits per heavy atom. The first kappa shape index (κ1) is 10.7. The summed E-state index contributed by atoms with van der Waals surface area (Å²) in [5.74, 6) is 0. The number of aliphatic hydroxyl groups is 1. The van der Waals surface area contributed by atoms with Gasteiger partial charge in [0.2, 0.25) is 6.17 Å². The molecule has 6 heteroatoms. The number of β-amino-alcohol motifs (C(OH)–C–C–N with tert-alkyl or cyclic N) is 1. The van der Waals surface area contributed by atoms with Crippen LogP contribution in [0.15, 0.2) is 0 Å². The van der Waals surface area contributed by atoms with E-state index in [2.05, 4.69) is 0 Å². The Kier molecular flexibility index (Phi) is 3.13. The minimum atomic E-state index is -4.78. The number of rotatable bonds is 2. The van der Waals surface area contributed by atoms with Gasteiger partial charge in [0, 0.05) is 19.6 Å². The maximum atomic E-state index is 12.4. The lowest BCUT2D eigenvalue weighted by Gasteiger charge is -2.19. The quantitative estimate of drug-likeness (QED) is 0.672. The molecule has 1 fully saturated rings. The van der Waals surface area contributed by atoms with E-state index in [9.17, 15) is 17.6 Å². The molecule has 1 saturated heterocycles. The van der Waals surface area contributed by atoms with E-state index in [4.69, 9.17) is 5.11 Å². The maximum absolute atomic E-state index is 12.4. The van der Waals surface area contributed by atoms with Crippen LogP contribution in [-0.4, -0.2) is 48.1 Å². The normalized spacial score (nSPS) is 27.9. The molecule has 2 nitrogen and oxygen atoms in total. The summed E-state index contributed by atoms with van der Waals surface area (Å²) in [6.45, 7) is -0.200. The molecule has 1 heterocycles. The molecule has 1 aliphatic heterocycles. The molecule has 0 aliphatic carbocycles. The van der Waals surface area contributed by atoms with Gasteiger partial charge in [-0.1, -0.05) is 0 Å². The number of hydrogen-bond acceptors (Lipinski definition) is 2. The summed E-state index contributed by atoms with van der Waals surface area (Å²) in [6.07, 6.45) is -7.78. The van der Waals surface area contributed by atoms with Crippen molar-refractivity contribution in [3.8, 4) is 0 Å². The van der Waals surface area contributed by atoms with E-state index < -0.39 is 25.0 Å². The van der Waals surface area contributed by atoms with Crippen LogP contribution in [0.3, 0.4) is 0 Å². The number of nitrogens with zero attached hydrogens (tertiary/aromatic N) is 1. The summed E-state index contributed by atoms with van der Waals surface area (Å²) in [5.41, 5.74) is 0. The van der Waals surface area contributed by atoms with Crippen LogP contribution >= 0.6 is 0 Å². The van der Waals surface area contributed by atoms with Gasteiger partial charge in [-0.15, -0.1) is 0 Å². The number of aliphatic hydroxyl groups excluding tert-OH is 1. The third-order valence-electron chi connectivity index (χ3n) is 2.02. The number of likely N-dealkylation sites (tertiary alicyclic amines) is 1. The van der Waals surface area contributed by atoms with Gasteiger partial charge in [-0.2, -0.15) is 13.2 Å². The van der Waals surface area contributed by atoms with Crippen LogP contribution in [0.25, 0.3) is 0 Å². The Morgan fingerprint density at radius 3 is 2.46 bits per heavy atom. The molecule has 2 unspecified atom stereocenters. The van der Waals surface area contributed by atoms with Gasteiger partial charge in [0.05, 0.1) is 6.10 Å². The lowest BCUT2D eigenvalue weighted by Crippen LogP contribution is -2.37. The van der Waals surface area contributed by atoms with Crippen molar-refractivity contribution in [2.24, 2.45) is 0 Å². The fourth-order valence-corrected chi connectivity index (χ4v) is 1.31. The van der Waals surface area contributed by atoms with Crippen LogP contribution in [0.4, 0.5) is 17.6 Å². The Balaban J connectivity index is 2.33. The highest BCUT2D eigenvalue weighted by Gasteiger charge is 2.41. The number of hydrogen-bond donors (Lipinski definition) is 1. The molecule has 0 radical (unpaired) electrons. The SMILES string of the molecule is OC1CCN(CC(F)C(F)(F)F)C1. The first-order valence-corrected chi connectivity index (χ1v) is 4.01. The molecular weight excluding hydrogens is 190 g/mol. The van der Waals surface area contributed by atoms with Gasteiger partial charge in [0.1, 0.15) is 0 Å². The molecule has 13 heavy (non-hydrogen) atoms. The second kappa shape index (κ2) is 3.79. The summed E-state index contributed by atoms with van der Waals surface area (Å²) in [5, 5.41) is 8.97. The van der Waals surface area contributed by atoms with Gasteiger partial charge < -0.3 is 5.11 Å². The van der Waals surface area contributed by atoms with E-state index in [-0.39, 0.29) is 6.54 Å². The molecule has 0 aromatic heterocycles. The molecule has 1 N–H and O–H groups in total. The Hall–Kier alpha value is -0.360. The summed E-state index contributed by atoms with van der Waals surface area (Å²) in [6, 6.07) is 0. The van der Waals surface area contributed by atoms with Gasteiger partial charge in [0.15, 0.2) is 0 Å². The lowest BCUT2D eigenvalue weighted by molar-refractivity contribution is -0.184. The van der Waals surface area contributed by atoms with E-state index in [1.165, 1.54) is 4.90 Å². The summed E-state index contributed by atoms with van der Waals surface area (Å²) in [4.78, 5) is 1.28. The second-order valence-electron chi connectivity index (χ2n) is 3.21. The fourth-order valence-electron chi connectivity index (χ4n) is 1.31. The number of alkyl halides is 4. The first-order valence-electron chi connectivity index (χ1n) is 4.01. The zero-order valence-electron chi connectivity index (χ0n) is 6.89. The monoisotopic (exact) mass is 201 g/mol. The van der Waals surface area contributed by atoms with E-state index in [1.54, 1.807) is 0 Å². The smallest absolute Gasteiger partial charge is 0.392 e. The highest BCUT2D eigenvalue weighted by Crippen LogP contribution is 2.24. The number of halogens is 4. The first-order chi connectivity index (χ1) is 5.89. The second-order valence-corrected chi connectivity index (χ2v) is 3.21. The maximum Gasteiger partial charge on any atom is 0.420 e. The fraction of sp³-hybridized carbons (Fsp3) is 1.00. The molecule has 1 aliphatic rings. The van der Waals surface area contributed by atoms with Crippen LogP contribution in [0, 0.1) is 0 Å². The van der Waals surface area contributed by atoms with E-state index in [0.717, 1.165) is 0 Å². The van der Waals surface area contributed by atoms with Crippen LogP contribution in [0.1, 0.15) is 6.42 Å². The average Bonchev–Trinajstić information content (AvgIpc) is 2.33. The van der Waals surface area contributed by atoms with Crippen molar-refractivity contribution in [2.75, 3.05) is 19.6 Å². The molecule has 1 rings (SSSR count). The molecule has 0 aromatic rings. The van der Waals surface area contributed by atoms with Crippen LogP contribution in [-0.2, 0) is 0 Å². The third kappa shape index (κ3) is 3.11. The van der Waals surface area contributed by atoms with Crippen molar-refractivity contribution >= 4 is 0 Å². The van der Waals surface area contributed by atoms with Crippen LogP contribution in [0.2, 0.25) is 0 Å². The third-order valence-corrected chi connectivity index (χ3v) is 2.02. The predicted octanol–water partition coefficient (Wildman–Crippen LogP) is 0.953. The minimum Gasteiger partial charge on any atom is -0.392 e. The average molecular weight is 201 g/mol. The van der Waals surface area contributed by atoms with Gasteiger partial charge in [-0.3, -0.25) is 4.90 Å². The molecule has 0 aromatic carbocycles. The van der Waals surface area contributed by atoms with Crippen molar-refractivity contribution in [3.05, 3.63) is 0 Å². The lowest BCUT2D eigenvalue weighted by atomic mass is 10.3. The molecule has 2 atom stereocenters. The summed E-state index contributed by atoms with van der Waals surface area (Å²) >= 11 is 0. The predicted molar refractivity (Wildman–Crippen MR) is 38.0 cm³/mol. The zero-order valence-corrected chi connectivity index (χ0v) is 6.89. The topological polar surface area (TPSA) is 23.5 Å². The van der Waals surface area contributed by atoms with Gasteiger partial charge in [0.25, 0.3) is 0 Å². The Bertz CT molecular complexity index is 172. The highest BCUT2D eigenvalue weighted by molar-refractivity contribution is 4.79. The molecule has 0 saturated carbocycles. The van der Waals surface area contributed by atoms with Crippen molar-refractivity contribution < 1.29 is 22.7 Å². The minimum absolute atomic E-state index is 0.135. The molecule has 78 valence electrons.